The van der Waals surface area contributed by atoms with Crippen molar-refractivity contribution in [3.8, 4) is 11.8 Å². The van der Waals surface area contributed by atoms with Crippen molar-refractivity contribution in [3.63, 3.8) is 0 Å². The molecule has 0 unspecified atom stereocenters. The molecule has 2 rings (SSSR count). The number of ether oxygens (including phenoxy) is 2. The first kappa shape index (κ1) is 20.7. The Bertz CT molecular complexity index is 820. The molecule has 0 aromatic heterocycles. The van der Waals surface area contributed by atoms with Gasteiger partial charge in [0.05, 0.1) is 11.6 Å². The summed E-state index contributed by atoms with van der Waals surface area (Å²) >= 11 is 3.32. The Hall–Kier alpha value is -2.60. The Morgan fingerprint density at radius 3 is 2.59 bits per heavy atom. The summed E-state index contributed by atoms with van der Waals surface area (Å²) in [5.74, 6) is -0.0608. The highest BCUT2D eigenvalue weighted by Crippen LogP contribution is 2.34. The number of hydrogen-bond donors (Lipinski definition) is 3. The number of phenols is 1. The zero-order valence-electron chi connectivity index (χ0n) is 14.6. The fraction of sp³-hybridized carbons (Fsp3) is 0.263. The number of benzene rings is 2. The van der Waals surface area contributed by atoms with Crippen LogP contribution in [0.2, 0.25) is 0 Å². The minimum absolute atomic E-state index is 0.0608. The standard InChI is InChI=1S/C19H19BrN2O5/c1-26-17(8-9-23)18(15-10-13(20)4-7-16(15)24)27-19(25)22-14-5-2-12(11-21)3-6-14/h2-7,10,17-18,23-24H,8-9H2,1H3,(H,22,25)/t17-,18-/m0/s1. The molecule has 0 spiro atoms. The smallest absolute Gasteiger partial charge is 0.412 e. The predicted octanol–water partition coefficient (Wildman–Crippen LogP) is 3.71. The summed E-state index contributed by atoms with van der Waals surface area (Å²) in [6.07, 6.45) is -2.17. The maximum absolute atomic E-state index is 12.4. The number of carbonyl (C=O) groups excluding carboxylic acids is 1. The van der Waals surface area contributed by atoms with Crippen molar-refractivity contribution >= 4 is 27.7 Å². The first-order valence-corrected chi connectivity index (χ1v) is 8.87. The Morgan fingerprint density at radius 1 is 1.30 bits per heavy atom. The highest BCUT2D eigenvalue weighted by molar-refractivity contribution is 9.10. The van der Waals surface area contributed by atoms with Gasteiger partial charge in [0.25, 0.3) is 0 Å². The summed E-state index contributed by atoms with van der Waals surface area (Å²) in [5.41, 5.74) is 1.26. The molecule has 0 fully saturated rings. The number of hydrogen-bond acceptors (Lipinski definition) is 6. The van der Waals surface area contributed by atoms with Crippen LogP contribution in [0, 0.1) is 11.3 Å². The lowest BCUT2D eigenvalue weighted by atomic mass is 10.0. The third-order valence-electron chi connectivity index (χ3n) is 3.84. The number of amides is 1. The second kappa shape index (κ2) is 9.92. The van der Waals surface area contributed by atoms with E-state index >= 15 is 0 Å². The Kier molecular flexibility index (Phi) is 7.61. The molecule has 0 aliphatic carbocycles. The molecule has 2 aromatic carbocycles. The minimum Gasteiger partial charge on any atom is -0.508 e. The fourth-order valence-corrected chi connectivity index (χ4v) is 2.88. The third kappa shape index (κ3) is 5.69. The van der Waals surface area contributed by atoms with Gasteiger partial charge >= 0.3 is 6.09 Å². The van der Waals surface area contributed by atoms with Crippen LogP contribution in [0.15, 0.2) is 46.9 Å². The molecule has 8 heteroatoms. The van der Waals surface area contributed by atoms with Gasteiger partial charge in [-0.1, -0.05) is 15.9 Å². The van der Waals surface area contributed by atoms with Crippen molar-refractivity contribution in [2.45, 2.75) is 18.6 Å². The van der Waals surface area contributed by atoms with Crippen LogP contribution in [0.1, 0.15) is 23.7 Å². The third-order valence-corrected chi connectivity index (χ3v) is 4.34. The highest BCUT2D eigenvalue weighted by atomic mass is 79.9. The highest BCUT2D eigenvalue weighted by Gasteiger charge is 2.29. The number of aliphatic hydroxyl groups is 1. The monoisotopic (exact) mass is 434 g/mol. The molecule has 2 aromatic rings. The maximum atomic E-state index is 12.4. The van der Waals surface area contributed by atoms with Crippen molar-refractivity contribution in [3.05, 3.63) is 58.1 Å². The van der Waals surface area contributed by atoms with Crippen LogP contribution in [0.5, 0.6) is 5.75 Å². The van der Waals surface area contributed by atoms with Gasteiger partial charge in [-0.05, 0) is 42.5 Å². The molecule has 0 aliphatic heterocycles. The molecule has 0 bridgehead atoms. The van der Waals surface area contributed by atoms with Crippen LogP contribution in [0.4, 0.5) is 10.5 Å². The Labute approximate surface area is 165 Å². The normalized spacial score (nSPS) is 12.7. The predicted molar refractivity (Wildman–Crippen MR) is 102 cm³/mol. The van der Waals surface area contributed by atoms with E-state index in [-0.39, 0.29) is 18.8 Å². The van der Waals surface area contributed by atoms with Crippen molar-refractivity contribution < 1.29 is 24.5 Å². The SMILES string of the molecule is CO[C@@H](CCO)[C@@H](OC(=O)Nc1ccc(C#N)cc1)c1cc(Br)ccc1O. The first-order valence-electron chi connectivity index (χ1n) is 8.08. The number of methoxy groups -OCH3 is 1. The number of nitrogens with one attached hydrogen (secondary N) is 1. The molecule has 2 atom stereocenters. The molecule has 27 heavy (non-hydrogen) atoms. The summed E-state index contributed by atoms with van der Waals surface area (Å²) in [6, 6.07) is 13.0. The summed E-state index contributed by atoms with van der Waals surface area (Å²) in [5, 5.41) is 30.9. The minimum atomic E-state index is -0.946. The van der Waals surface area contributed by atoms with E-state index in [0.29, 0.717) is 21.3 Å². The first-order chi connectivity index (χ1) is 13.0. The zero-order chi connectivity index (χ0) is 19.8. The molecular weight excluding hydrogens is 416 g/mol. The average molecular weight is 435 g/mol. The van der Waals surface area contributed by atoms with E-state index in [2.05, 4.69) is 21.2 Å². The summed E-state index contributed by atoms with van der Waals surface area (Å²) in [7, 11) is 1.43. The molecule has 0 saturated carbocycles. The number of carbonyl (C=O) groups is 1. The lowest BCUT2D eigenvalue weighted by Gasteiger charge is -2.26. The summed E-state index contributed by atoms with van der Waals surface area (Å²) in [4.78, 5) is 12.4. The van der Waals surface area contributed by atoms with E-state index in [4.69, 9.17) is 14.7 Å². The van der Waals surface area contributed by atoms with Gasteiger partial charge in [0, 0.05) is 35.9 Å². The van der Waals surface area contributed by atoms with E-state index in [9.17, 15) is 15.0 Å². The van der Waals surface area contributed by atoms with Gasteiger partial charge in [-0.3, -0.25) is 5.32 Å². The lowest BCUT2D eigenvalue weighted by molar-refractivity contribution is -0.0314. The second-order valence-electron chi connectivity index (χ2n) is 5.63. The maximum Gasteiger partial charge on any atom is 0.412 e. The number of phenolic OH excluding ortho intramolecular Hbond substituents is 1. The van der Waals surface area contributed by atoms with Crippen molar-refractivity contribution in [1.29, 1.82) is 5.26 Å². The molecule has 0 aliphatic rings. The van der Waals surface area contributed by atoms with Gasteiger partial charge < -0.3 is 19.7 Å². The van der Waals surface area contributed by atoms with E-state index in [1.165, 1.54) is 13.2 Å². The molecule has 0 heterocycles. The van der Waals surface area contributed by atoms with Crippen molar-refractivity contribution in [2.24, 2.45) is 0 Å². The molecule has 3 N–H and O–H groups in total. The molecule has 7 nitrogen and oxygen atoms in total. The zero-order valence-corrected chi connectivity index (χ0v) is 16.1. The number of nitrogens with zero attached hydrogens (tertiary/aromatic N) is 1. The molecular formula is C19H19BrN2O5. The molecule has 1 amide bonds. The van der Waals surface area contributed by atoms with E-state index in [0.717, 1.165) is 0 Å². The van der Waals surface area contributed by atoms with Crippen LogP contribution in [0.25, 0.3) is 0 Å². The van der Waals surface area contributed by atoms with E-state index < -0.39 is 18.3 Å². The summed E-state index contributed by atoms with van der Waals surface area (Å²) < 4.78 is 11.6. The van der Waals surface area contributed by atoms with E-state index in [1.807, 2.05) is 6.07 Å². The van der Waals surface area contributed by atoms with Crippen LogP contribution >= 0.6 is 15.9 Å². The van der Waals surface area contributed by atoms with Crippen LogP contribution < -0.4 is 5.32 Å². The van der Waals surface area contributed by atoms with Gasteiger partial charge in [0.1, 0.15) is 11.9 Å². The van der Waals surface area contributed by atoms with Crippen LogP contribution in [0.3, 0.4) is 0 Å². The summed E-state index contributed by atoms with van der Waals surface area (Å²) in [6.45, 7) is -0.176. The molecule has 0 saturated heterocycles. The number of aromatic hydroxyl groups is 1. The van der Waals surface area contributed by atoms with Crippen molar-refractivity contribution in [1.82, 2.24) is 0 Å². The van der Waals surface area contributed by atoms with Gasteiger partial charge in [-0.15, -0.1) is 0 Å². The Balaban J connectivity index is 2.23. The van der Waals surface area contributed by atoms with Crippen LogP contribution in [-0.2, 0) is 9.47 Å². The number of aliphatic hydroxyl groups excluding tert-OH is 1. The average Bonchev–Trinajstić information content (AvgIpc) is 2.67. The number of rotatable bonds is 7. The second-order valence-corrected chi connectivity index (χ2v) is 6.55. The lowest BCUT2D eigenvalue weighted by Crippen LogP contribution is -2.29. The van der Waals surface area contributed by atoms with Gasteiger partial charge in [-0.2, -0.15) is 5.26 Å². The van der Waals surface area contributed by atoms with E-state index in [1.54, 1.807) is 36.4 Å². The molecule has 0 radical (unpaired) electrons. The van der Waals surface area contributed by atoms with Crippen molar-refractivity contribution in [2.75, 3.05) is 19.0 Å². The largest absolute Gasteiger partial charge is 0.508 e. The molecule has 142 valence electrons. The fourth-order valence-electron chi connectivity index (χ4n) is 2.50. The van der Waals surface area contributed by atoms with Gasteiger partial charge in [0.2, 0.25) is 0 Å². The number of nitriles is 1. The van der Waals surface area contributed by atoms with Gasteiger partial charge in [0.15, 0.2) is 6.10 Å². The van der Waals surface area contributed by atoms with Crippen LogP contribution in [-0.4, -0.2) is 36.1 Å². The number of anilines is 1. The Morgan fingerprint density at radius 2 is 2.00 bits per heavy atom. The van der Waals surface area contributed by atoms with Gasteiger partial charge in [-0.25, -0.2) is 4.79 Å². The number of halogens is 1. The quantitative estimate of drug-likeness (QED) is 0.612. The topological polar surface area (TPSA) is 112 Å².